The van der Waals surface area contributed by atoms with Crippen molar-refractivity contribution in [2.45, 2.75) is 45.6 Å². The third kappa shape index (κ3) is 2.51. The van der Waals surface area contributed by atoms with Crippen LogP contribution in [0.4, 0.5) is 0 Å². The molecule has 0 saturated heterocycles. The summed E-state index contributed by atoms with van der Waals surface area (Å²) in [6.07, 6.45) is 3.79. The fourth-order valence-electron chi connectivity index (χ4n) is 2.58. The number of rotatable bonds is 3. The molecule has 0 aromatic heterocycles. The van der Waals surface area contributed by atoms with Gasteiger partial charge < -0.3 is 4.90 Å². The molecule has 0 radical (unpaired) electrons. The van der Waals surface area contributed by atoms with Crippen LogP contribution in [-0.2, 0) is 11.2 Å². The molecule has 1 aliphatic heterocycles. The molecule has 0 spiro atoms. The molecule has 1 atom stereocenters. The number of benzene rings is 1. The van der Waals surface area contributed by atoms with Gasteiger partial charge in [-0.2, -0.15) is 0 Å². The highest BCUT2D eigenvalue weighted by Gasteiger charge is 2.26. The molecule has 1 aliphatic rings. The monoisotopic (exact) mass is 231 g/mol. The van der Waals surface area contributed by atoms with Crippen molar-refractivity contribution in [3.63, 3.8) is 0 Å². The van der Waals surface area contributed by atoms with E-state index in [1.165, 1.54) is 11.1 Å². The molecular formula is C15H21NO. The van der Waals surface area contributed by atoms with Crippen molar-refractivity contribution in [1.29, 1.82) is 0 Å². The van der Waals surface area contributed by atoms with Gasteiger partial charge in [0.1, 0.15) is 0 Å². The fraction of sp³-hybridized carbons (Fsp3) is 0.533. The molecule has 0 unspecified atom stereocenters. The minimum absolute atomic E-state index is 0.240. The Morgan fingerprint density at radius 1 is 1.41 bits per heavy atom. The summed E-state index contributed by atoms with van der Waals surface area (Å²) in [5, 5.41) is 0. The van der Waals surface area contributed by atoms with E-state index in [9.17, 15) is 4.79 Å². The van der Waals surface area contributed by atoms with Crippen molar-refractivity contribution >= 4 is 5.91 Å². The Hall–Kier alpha value is -1.31. The lowest BCUT2D eigenvalue weighted by molar-refractivity contribution is -0.133. The average molecular weight is 231 g/mol. The minimum atomic E-state index is 0.240. The maximum atomic E-state index is 12.1. The largest absolute Gasteiger partial charge is 0.336 e. The van der Waals surface area contributed by atoms with Gasteiger partial charge in [0, 0.05) is 13.0 Å². The van der Waals surface area contributed by atoms with Crippen LogP contribution >= 0.6 is 0 Å². The Morgan fingerprint density at radius 3 is 2.94 bits per heavy atom. The number of carbonyl (C=O) groups excluding carboxylic acids is 1. The molecule has 0 fully saturated rings. The lowest BCUT2D eigenvalue weighted by atomic mass is 9.93. The van der Waals surface area contributed by atoms with Crippen molar-refractivity contribution in [1.82, 2.24) is 4.90 Å². The number of hydrogen-bond donors (Lipinski definition) is 0. The van der Waals surface area contributed by atoms with Gasteiger partial charge in [0.2, 0.25) is 5.91 Å². The molecule has 92 valence electrons. The molecule has 17 heavy (non-hydrogen) atoms. The number of hydrogen-bond acceptors (Lipinski definition) is 1. The third-order valence-corrected chi connectivity index (χ3v) is 3.66. The van der Waals surface area contributed by atoms with Crippen LogP contribution in [0.5, 0.6) is 0 Å². The van der Waals surface area contributed by atoms with Crippen LogP contribution in [0.2, 0.25) is 0 Å². The second-order valence-electron chi connectivity index (χ2n) is 4.82. The highest BCUT2D eigenvalue weighted by molar-refractivity contribution is 5.77. The first-order chi connectivity index (χ1) is 8.24. The molecular weight excluding hydrogens is 210 g/mol. The SMILES string of the molecule is CCCCC(=O)N1CCc2ccccc2[C@H]1C. The lowest BCUT2D eigenvalue weighted by Gasteiger charge is -2.35. The first-order valence-electron chi connectivity index (χ1n) is 6.61. The van der Waals surface area contributed by atoms with Crippen LogP contribution in [-0.4, -0.2) is 17.4 Å². The van der Waals surface area contributed by atoms with Crippen LogP contribution in [0, 0.1) is 0 Å². The molecule has 0 aliphatic carbocycles. The highest BCUT2D eigenvalue weighted by atomic mass is 16.2. The maximum absolute atomic E-state index is 12.1. The Labute approximate surface area is 104 Å². The molecule has 0 N–H and O–H groups in total. The van der Waals surface area contributed by atoms with Gasteiger partial charge in [0.25, 0.3) is 0 Å². The Bertz CT molecular complexity index is 400. The fourth-order valence-corrected chi connectivity index (χ4v) is 2.58. The summed E-state index contributed by atoms with van der Waals surface area (Å²) < 4.78 is 0. The van der Waals surface area contributed by atoms with E-state index in [1.54, 1.807) is 0 Å². The Kier molecular flexibility index (Phi) is 3.82. The van der Waals surface area contributed by atoms with Crippen LogP contribution < -0.4 is 0 Å². The summed E-state index contributed by atoms with van der Waals surface area (Å²) in [6, 6.07) is 8.72. The van der Waals surface area contributed by atoms with E-state index >= 15 is 0 Å². The second-order valence-corrected chi connectivity index (χ2v) is 4.82. The van der Waals surface area contributed by atoms with E-state index < -0.39 is 0 Å². The molecule has 0 saturated carbocycles. The van der Waals surface area contributed by atoms with Crippen LogP contribution in [0.1, 0.15) is 50.3 Å². The molecule has 2 nitrogen and oxygen atoms in total. The quantitative estimate of drug-likeness (QED) is 0.781. The van der Waals surface area contributed by atoms with Crippen molar-refractivity contribution in [2.24, 2.45) is 0 Å². The van der Waals surface area contributed by atoms with E-state index in [0.717, 1.165) is 25.8 Å². The first kappa shape index (κ1) is 12.2. The van der Waals surface area contributed by atoms with Crippen molar-refractivity contribution < 1.29 is 4.79 Å². The van der Waals surface area contributed by atoms with E-state index in [4.69, 9.17) is 0 Å². The zero-order chi connectivity index (χ0) is 12.3. The topological polar surface area (TPSA) is 20.3 Å². The van der Waals surface area contributed by atoms with E-state index in [1.807, 2.05) is 4.90 Å². The van der Waals surface area contributed by atoms with Gasteiger partial charge in [0.15, 0.2) is 0 Å². The summed E-state index contributed by atoms with van der Waals surface area (Å²) in [7, 11) is 0. The van der Waals surface area contributed by atoms with Gasteiger partial charge in [-0.25, -0.2) is 0 Å². The van der Waals surface area contributed by atoms with Crippen molar-refractivity contribution in [3.8, 4) is 0 Å². The normalized spacial score (nSPS) is 18.9. The first-order valence-corrected chi connectivity index (χ1v) is 6.61. The molecule has 0 bridgehead atoms. The number of amides is 1. The number of fused-ring (bicyclic) bond motifs is 1. The zero-order valence-electron chi connectivity index (χ0n) is 10.8. The smallest absolute Gasteiger partial charge is 0.223 e. The Morgan fingerprint density at radius 2 is 2.18 bits per heavy atom. The van der Waals surface area contributed by atoms with Crippen LogP contribution in [0.3, 0.4) is 0 Å². The summed E-state index contributed by atoms with van der Waals surface area (Å²) >= 11 is 0. The lowest BCUT2D eigenvalue weighted by Crippen LogP contribution is -2.38. The van der Waals surface area contributed by atoms with E-state index in [-0.39, 0.29) is 6.04 Å². The molecule has 1 aromatic rings. The average Bonchev–Trinajstić information content (AvgIpc) is 2.37. The van der Waals surface area contributed by atoms with Crippen LogP contribution in [0.15, 0.2) is 24.3 Å². The third-order valence-electron chi connectivity index (χ3n) is 3.66. The van der Waals surface area contributed by atoms with Crippen molar-refractivity contribution in [2.75, 3.05) is 6.54 Å². The number of carbonyl (C=O) groups is 1. The van der Waals surface area contributed by atoms with Gasteiger partial charge in [0.05, 0.1) is 6.04 Å². The predicted octanol–water partition coefficient (Wildman–Crippen LogP) is 3.32. The van der Waals surface area contributed by atoms with Gasteiger partial charge >= 0.3 is 0 Å². The standard InChI is InChI=1S/C15H21NO/c1-3-4-9-15(17)16-11-10-13-7-5-6-8-14(13)12(16)2/h5-8,12H,3-4,9-11H2,1-2H3/t12-/m1/s1. The minimum Gasteiger partial charge on any atom is -0.336 e. The van der Waals surface area contributed by atoms with Gasteiger partial charge in [-0.3, -0.25) is 4.79 Å². The zero-order valence-corrected chi connectivity index (χ0v) is 10.8. The molecule has 2 rings (SSSR count). The second kappa shape index (κ2) is 5.35. The number of unbranched alkanes of at least 4 members (excludes halogenated alkanes) is 1. The summed E-state index contributed by atoms with van der Waals surface area (Å²) in [6.45, 7) is 5.14. The predicted molar refractivity (Wildman–Crippen MR) is 69.8 cm³/mol. The maximum Gasteiger partial charge on any atom is 0.223 e. The molecule has 1 aromatic carbocycles. The number of nitrogens with zero attached hydrogens (tertiary/aromatic N) is 1. The van der Waals surface area contributed by atoms with E-state index in [2.05, 4.69) is 38.1 Å². The van der Waals surface area contributed by atoms with Crippen LogP contribution in [0.25, 0.3) is 0 Å². The van der Waals surface area contributed by atoms with E-state index in [0.29, 0.717) is 12.3 Å². The van der Waals surface area contributed by atoms with Gasteiger partial charge in [-0.05, 0) is 30.9 Å². The summed E-state index contributed by atoms with van der Waals surface area (Å²) in [5.74, 6) is 0.314. The highest BCUT2D eigenvalue weighted by Crippen LogP contribution is 2.29. The van der Waals surface area contributed by atoms with Crippen molar-refractivity contribution in [3.05, 3.63) is 35.4 Å². The molecule has 1 amide bonds. The van der Waals surface area contributed by atoms with Gasteiger partial charge in [-0.1, -0.05) is 37.6 Å². The van der Waals surface area contributed by atoms with Gasteiger partial charge in [-0.15, -0.1) is 0 Å². The molecule has 1 heterocycles. The summed E-state index contributed by atoms with van der Waals surface area (Å²) in [4.78, 5) is 14.1. The Balaban J connectivity index is 2.11. The summed E-state index contributed by atoms with van der Waals surface area (Å²) in [5.41, 5.74) is 2.73. The molecule has 2 heteroatoms.